The molecule has 3 aromatic rings. The Morgan fingerprint density at radius 1 is 1.20 bits per heavy atom. The van der Waals surface area contributed by atoms with Crippen LogP contribution >= 0.6 is 22.9 Å². The third-order valence-corrected chi connectivity index (χ3v) is 5.06. The summed E-state index contributed by atoms with van der Waals surface area (Å²) in [5.74, 6) is 0.240. The van der Waals surface area contributed by atoms with Crippen LogP contribution in [0.4, 0.5) is 0 Å². The zero-order chi connectivity index (χ0) is 17.8. The SMILES string of the molecule is CN(Cc1ccc(Cl)s1)C(=O)COc1ccc2ccccc2c1C=O. The normalized spacial score (nSPS) is 10.6. The number of rotatable bonds is 6. The number of amides is 1. The van der Waals surface area contributed by atoms with E-state index in [2.05, 4.69) is 0 Å². The molecule has 0 saturated heterocycles. The van der Waals surface area contributed by atoms with Crippen molar-refractivity contribution in [2.24, 2.45) is 0 Å². The number of carbonyl (C=O) groups is 2. The van der Waals surface area contributed by atoms with Gasteiger partial charge in [-0.2, -0.15) is 0 Å². The van der Waals surface area contributed by atoms with Crippen molar-refractivity contribution in [1.29, 1.82) is 0 Å². The van der Waals surface area contributed by atoms with Crippen molar-refractivity contribution in [2.45, 2.75) is 6.54 Å². The van der Waals surface area contributed by atoms with Crippen LogP contribution in [0.2, 0.25) is 4.34 Å². The fraction of sp³-hybridized carbons (Fsp3) is 0.158. The number of hydrogen-bond donors (Lipinski definition) is 0. The van der Waals surface area contributed by atoms with E-state index >= 15 is 0 Å². The lowest BCUT2D eigenvalue weighted by atomic mass is 10.0. The number of ether oxygens (including phenoxy) is 1. The highest BCUT2D eigenvalue weighted by molar-refractivity contribution is 7.16. The lowest BCUT2D eigenvalue weighted by Gasteiger charge is -2.17. The van der Waals surface area contributed by atoms with Crippen molar-refractivity contribution >= 4 is 45.9 Å². The first-order valence-corrected chi connectivity index (χ1v) is 8.86. The van der Waals surface area contributed by atoms with Gasteiger partial charge in [0.15, 0.2) is 12.9 Å². The molecule has 1 heterocycles. The van der Waals surface area contributed by atoms with Crippen molar-refractivity contribution in [1.82, 2.24) is 4.90 Å². The standard InChI is InChI=1S/C19H16ClNO3S/c1-21(10-14-7-9-18(20)25-14)19(23)12-24-17-8-6-13-4-2-3-5-15(13)16(17)11-22/h2-9,11H,10,12H2,1H3. The first kappa shape index (κ1) is 17.5. The molecule has 6 heteroatoms. The largest absolute Gasteiger partial charge is 0.483 e. The summed E-state index contributed by atoms with van der Waals surface area (Å²) < 4.78 is 6.31. The molecule has 1 amide bonds. The van der Waals surface area contributed by atoms with Gasteiger partial charge in [-0.1, -0.05) is 41.9 Å². The first-order chi connectivity index (χ1) is 12.1. The van der Waals surface area contributed by atoms with E-state index in [1.165, 1.54) is 11.3 Å². The molecule has 25 heavy (non-hydrogen) atoms. The topological polar surface area (TPSA) is 46.6 Å². The molecule has 0 spiro atoms. The summed E-state index contributed by atoms with van der Waals surface area (Å²) in [6.45, 7) is 0.340. The summed E-state index contributed by atoms with van der Waals surface area (Å²) >= 11 is 7.34. The number of carbonyl (C=O) groups excluding carboxylic acids is 2. The minimum absolute atomic E-state index is 0.130. The monoisotopic (exact) mass is 373 g/mol. The second-order valence-corrected chi connectivity index (χ2v) is 7.36. The summed E-state index contributed by atoms with van der Waals surface area (Å²) in [6, 6.07) is 14.9. The Hall–Kier alpha value is -2.37. The van der Waals surface area contributed by atoms with E-state index in [4.69, 9.17) is 16.3 Å². The summed E-state index contributed by atoms with van der Waals surface area (Å²) in [7, 11) is 1.71. The van der Waals surface area contributed by atoms with E-state index in [0.29, 0.717) is 22.2 Å². The quantitative estimate of drug-likeness (QED) is 0.601. The Bertz CT molecular complexity index is 922. The molecule has 0 unspecified atom stereocenters. The third-order valence-electron chi connectivity index (χ3n) is 3.85. The predicted octanol–water partition coefficient (Wildman–Crippen LogP) is 4.40. The minimum atomic E-state index is -0.172. The summed E-state index contributed by atoms with van der Waals surface area (Å²) in [6.07, 6.45) is 0.763. The van der Waals surface area contributed by atoms with Crippen LogP contribution in [0.15, 0.2) is 48.5 Å². The van der Waals surface area contributed by atoms with Crippen LogP contribution in [0.25, 0.3) is 10.8 Å². The van der Waals surface area contributed by atoms with Gasteiger partial charge in [0.25, 0.3) is 5.91 Å². The molecular weight excluding hydrogens is 358 g/mol. The van der Waals surface area contributed by atoms with Crippen LogP contribution < -0.4 is 4.74 Å². The Morgan fingerprint density at radius 2 is 2.00 bits per heavy atom. The van der Waals surface area contributed by atoms with Crippen LogP contribution in [0.5, 0.6) is 5.75 Å². The molecule has 0 fully saturated rings. The van der Waals surface area contributed by atoms with Crippen molar-refractivity contribution in [2.75, 3.05) is 13.7 Å². The number of benzene rings is 2. The van der Waals surface area contributed by atoms with Gasteiger partial charge in [-0.25, -0.2) is 0 Å². The molecule has 128 valence electrons. The minimum Gasteiger partial charge on any atom is -0.483 e. The highest BCUT2D eigenvalue weighted by Crippen LogP contribution is 2.27. The van der Waals surface area contributed by atoms with E-state index in [1.807, 2.05) is 42.5 Å². The molecule has 4 nitrogen and oxygen atoms in total. The van der Waals surface area contributed by atoms with E-state index in [1.54, 1.807) is 18.0 Å². The maximum atomic E-state index is 12.3. The number of fused-ring (bicyclic) bond motifs is 1. The van der Waals surface area contributed by atoms with E-state index in [0.717, 1.165) is 21.9 Å². The van der Waals surface area contributed by atoms with E-state index < -0.39 is 0 Å². The predicted molar refractivity (Wildman–Crippen MR) is 101 cm³/mol. The number of nitrogens with zero attached hydrogens (tertiary/aromatic N) is 1. The highest BCUT2D eigenvalue weighted by atomic mass is 35.5. The van der Waals surface area contributed by atoms with Crippen LogP contribution in [0.1, 0.15) is 15.2 Å². The summed E-state index contributed by atoms with van der Waals surface area (Å²) in [5.41, 5.74) is 0.457. The van der Waals surface area contributed by atoms with Gasteiger partial charge in [-0.3, -0.25) is 9.59 Å². The van der Waals surface area contributed by atoms with Gasteiger partial charge in [-0.05, 0) is 29.0 Å². The van der Waals surface area contributed by atoms with Gasteiger partial charge in [0.1, 0.15) is 5.75 Å². The lowest BCUT2D eigenvalue weighted by Crippen LogP contribution is -2.30. The second kappa shape index (κ2) is 7.68. The molecule has 0 atom stereocenters. The lowest BCUT2D eigenvalue weighted by molar-refractivity contribution is -0.132. The zero-order valence-corrected chi connectivity index (χ0v) is 15.1. The van der Waals surface area contributed by atoms with E-state index in [9.17, 15) is 9.59 Å². The molecule has 3 rings (SSSR count). The fourth-order valence-corrected chi connectivity index (χ4v) is 3.67. The Morgan fingerprint density at radius 3 is 2.72 bits per heavy atom. The molecule has 0 aliphatic heterocycles. The summed E-state index contributed by atoms with van der Waals surface area (Å²) in [4.78, 5) is 26.3. The Balaban J connectivity index is 1.69. The van der Waals surface area contributed by atoms with E-state index in [-0.39, 0.29) is 12.5 Å². The number of halogens is 1. The summed E-state index contributed by atoms with van der Waals surface area (Å²) in [5, 5.41) is 1.76. The Labute approximate surface area is 154 Å². The van der Waals surface area contributed by atoms with Crippen LogP contribution in [-0.4, -0.2) is 30.7 Å². The van der Waals surface area contributed by atoms with Crippen molar-refractivity contribution in [3.05, 3.63) is 63.3 Å². The number of likely N-dealkylation sites (N-methyl/N-ethyl adjacent to an activating group) is 1. The third kappa shape index (κ3) is 4.00. The van der Waals surface area contributed by atoms with Gasteiger partial charge in [0.2, 0.25) is 0 Å². The molecule has 2 aromatic carbocycles. The van der Waals surface area contributed by atoms with Crippen LogP contribution in [-0.2, 0) is 11.3 Å². The van der Waals surface area contributed by atoms with Gasteiger partial charge < -0.3 is 9.64 Å². The fourth-order valence-electron chi connectivity index (χ4n) is 2.53. The number of aldehydes is 1. The second-order valence-electron chi connectivity index (χ2n) is 5.56. The van der Waals surface area contributed by atoms with Gasteiger partial charge in [-0.15, -0.1) is 11.3 Å². The molecule has 0 saturated carbocycles. The maximum Gasteiger partial charge on any atom is 0.260 e. The molecule has 0 aliphatic rings. The highest BCUT2D eigenvalue weighted by Gasteiger charge is 2.14. The van der Waals surface area contributed by atoms with Gasteiger partial charge in [0.05, 0.1) is 16.4 Å². The number of hydrogen-bond acceptors (Lipinski definition) is 4. The van der Waals surface area contributed by atoms with Crippen molar-refractivity contribution in [3.8, 4) is 5.75 Å². The molecule has 0 radical (unpaired) electrons. The van der Waals surface area contributed by atoms with Crippen molar-refractivity contribution in [3.63, 3.8) is 0 Å². The molecule has 0 N–H and O–H groups in total. The van der Waals surface area contributed by atoms with Crippen LogP contribution in [0, 0.1) is 0 Å². The first-order valence-electron chi connectivity index (χ1n) is 7.66. The average molecular weight is 374 g/mol. The zero-order valence-electron chi connectivity index (χ0n) is 13.6. The van der Waals surface area contributed by atoms with Crippen molar-refractivity contribution < 1.29 is 14.3 Å². The van der Waals surface area contributed by atoms with Gasteiger partial charge in [0, 0.05) is 11.9 Å². The molecule has 1 aromatic heterocycles. The maximum absolute atomic E-state index is 12.3. The Kier molecular flexibility index (Phi) is 5.36. The molecule has 0 bridgehead atoms. The molecule has 0 aliphatic carbocycles. The number of thiophene rings is 1. The molecular formula is C19H16ClNO3S. The average Bonchev–Trinajstić information content (AvgIpc) is 3.03. The smallest absolute Gasteiger partial charge is 0.260 e. The van der Waals surface area contributed by atoms with Crippen LogP contribution in [0.3, 0.4) is 0 Å². The van der Waals surface area contributed by atoms with Gasteiger partial charge >= 0.3 is 0 Å².